The number of amides is 1. The van der Waals surface area contributed by atoms with E-state index in [4.69, 9.17) is 9.47 Å². The van der Waals surface area contributed by atoms with Gasteiger partial charge in [0.1, 0.15) is 18.0 Å². The van der Waals surface area contributed by atoms with Gasteiger partial charge in [-0.1, -0.05) is 0 Å². The predicted octanol–water partition coefficient (Wildman–Crippen LogP) is 0.397. The Labute approximate surface area is 122 Å². The van der Waals surface area contributed by atoms with Crippen LogP contribution < -0.4 is 0 Å². The average Bonchev–Trinajstić information content (AvgIpc) is 3.04. The molecule has 1 aromatic heterocycles. The lowest BCUT2D eigenvalue weighted by Gasteiger charge is -2.27. The zero-order valence-electron chi connectivity index (χ0n) is 12.5. The molecule has 1 aliphatic heterocycles. The minimum Gasteiger partial charge on any atom is -0.467 e. The molecule has 0 saturated carbocycles. The van der Waals surface area contributed by atoms with Crippen LogP contribution in [-0.4, -0.2) is 62.5 Å². The van der Waals surface area contributed by atoms with Crippen molar-refractivity contribution in [2.75, 3.05) is 13.7 Å². The van der Waals surface area contributed by atoms with E-state index in [1.54, 1.807) is 20.8 Å². The molecule has 2 rings (SSSR count). The van der Waals surface area contributed by atoms with E-state index in [0.717, 1.165) is 0 Å². The van der Waals surface area contributed by atoms with Crippen LogP contribution in [0, 0.1) is 0 Å². The van der Waals surface area contributed by atoms with Crippen LogP contribution in [0.5, 0.6) is 0 Å². The maximum absolute atomic E-state index is 12.2. The molecule has 0 spiro atoms. The summed E-state index contributed by atoms with van der Waals surface area (Å²) in [6.45, 7) is 5.60. The molecule has 0 radical (unpaired) electrons. The number of aromatic nitrogens is 4. The van der Waals surface area contributed by atoms with E-state index in [1.165, 1.54) is 23.0 Å². The molecule has 1 amide bonds. The summed E-state index contributed by atoms with van der Waals surface area (Å²) >= 11 is 0. The Morgan fingerprint density at radius 1 is 1.33 bits per heavy atom. The van der Waals surface area contributed by atoms with E-state index in [1.807, 2.05) is 0 Å². The summed E-state index contributed by atoms with van der Waals surface area (Å²) in [7, 11) is 1.29. The third kappa shape index (κ3) is 3.47. The largest absolute Gasteiger partial charge is 0.467 e. The van der Waals surface area contributed by atoms with Crippen molar-refractivity contribution in [2.24, 2.45) is 0 Å². The van der Waals surface area contributed by atoms with Gasteiger partial charge in [0, 0.05) is 13.0 Å². The molecule has 21 heavy (non-hydrogen) atoms. The minimum absolute atomic E-state index is 0.184. The number of nitrogens with zero attached hydrogens (tertiary/aromatic N) is 5. The first-order valence-electron chi connectivity index (χ1n) is 6.61. The number of tetrazole rings is 1. The fourth-order valence-electron chi connectivity index (χ4n) is 2.22. The van der Waals surface area contributed by atoms with E-state index in [9.17, 15) is 9.59 Å². The van der Waals surface area contributed by atoms with Gasteiger partial charge in [0.2, 0.25) is 0 Å². The van der Waals surface area contributed by atoms with Crippen LogP contribution in [-0.2, 0) is 14.3 Å². The Bertz CT molecular complexity index is 510. The Hall–Kier alpha value is -2.19. The standard InChI is InChI=1S/C12H19N5O4/c1-12(2,3)21-11(19)16-6-8(17-7-13-14-15-17)5-9(16)10(18)20-4/h7-9H,5-6H2,1-4H3/t8-,9-/m1/s1. The predicted molar refractivity (Wildman–Crippen MR) is 70.2 cm³/mol. The summed E-state index contributed by atoms with van der Waals surface area (Å²) in [5, 5.41) is 10.9. The number of rotatable bonds is 2. The number of carbonyl (C=O) groups excluding carboxylic acids is 2. The molecule has 0 bridgehead atoms. The summed E-state index contributed by atoms with van der Waals surface area (Å²) in [6.07, 6.45) is 1.29. The lowest BCUT2D eigenvalue weighted by Crippen LogP contribution is -2.43. The van der Waals surface area contributed by atoms with Crippen LogP contribution in [0.4, 0.5) is 4.79 Å². The Balaban J connectivity index is 2.16. The maximum Gasteiger partial charge on any atom is 0.411 e. The van der Waals surface area contributed by atoms with Crippen LogP contribution in [0.15, 0.2) is 6.33 Å². The number of methoxy groups -OCH3 is 1. The molecular formula is C12H19N5O4. The van der Waals surface area contributed by atoms with E-state index in [2.05, 4.69) is 15.5 Å². The van der Waals surface area contributed by atoms with Crippen LogP contribution in [0.2, 0.25) is 0 Å². The van der Waals surface area contributed by atoms with E-state index >= 15 is 0 Å². The SMILES string of the molecule is COC(=O)[C@H]1C[C@@H](n2cnnn2)CN1C(=O)OC(C)(C)C. The third-order valence-corrected chi connectivity index (χ3v) is 3.12. The molecule has 2 atom stereocenters. The van der Waals surface area contributed by atoms with Gasteiger partial charge in [-0.3, -0.25) is 4.90 Å². The maximum atomic E-state index is 12.2. The van der Waals surface area contributed by atoms with Gasteiger partial charge in [-0.2, -0.15) is 0 Å². The van der Waals surface area contributed by atoms with Crippen molar-refractivity contribution >= 4 is 12.1 Å². The highest BCUT2D eigenvalue weighted by molar-refractivity contribution is 5.82. The number of carbonyl (C=O) groups is 2. The molecule has 9 heteroatoms. The van der Waals surface area contributed by atoms with Gasteiger partial charge < -0.3 is 9.47 Å². The van der Waals surface area contributed by atoms with Crippen molar-refractivity contribution < 1.29 is 19.1 Å². The lowest BCUT2D eigenvalue weighted by molar-refractivity contribution is -0.145. The lowest BCUT2D eigenvalue weighted by atomic mass is 10.2. The normalized spacial score (nSPS) is 22.2. The van der Waals surface area contributed by atoms with Crippen molar-refractivity contribution in [2.45, 2.75) is 44.9 Å². The molecule has 0 unspecified atom stereocenters. The smallest absolute Gasteiger partial charge is 0.411 e. The molecule has 1 saturated heterocycles. The molecule has 1 fully saturated rings. The molecule has 116 valence electrons. The quantitative estimate of drug-likeness (QED) is 0.728. The van der Waals surface area contributed by atoms with Crippen molar-refractivity contribution in [1.29, 1.82) is 0 Å². The second kappa shape index (κ2) is 5.66. The Kier molecular flexibility index (Phi) is 4.10. The minimum atomic E-state index is -0.695. The molecule has 1 aliphatic rings. The Morgan fingerprint density at radius 2 is 2.05 bits per heavy atom. The molecule has 0 N–H and O–H groups in total. The van der Waals surface area contributed by atoms with Gasteiger partial charge in [0.25, 0.3) is 0 Å². The monoisotopic (exact) mass is 297 g/mol. The second-order valence-corrected chi connectivity index (χ2v) is 5.85. The first kappa shape index (κ1) is 15.2. The number of likely N-dealkylation sites (tertiary alicyclic amines) is 1. The zero-order chi connectivity index (χ0) is 15.6. The highest BCUT2D eigenvalue weighted by atomic mass is 16.6. The second-order valence-electron chi connectivity index (χ2n) is 5.85. The first-order valence-corrected chi connectivity index (χ1v) is 6.61. The third-order valence-electron chi connectivity index (χ3n) is 3.12. The number of hydrogen-bond acceptors (Lipinski definition) is 7. The van der Waals surface area contributed by atoms with Gasteiger partial charge >= 0.3 is 12.1 Å². The Morgan fingerprint density at radius 3 is 2.57 bits per heavy atom. The topological polar surface area (TPSA) is 99.4 Å². The summed E-state index contributed by atoms with van der Waals surface area (Å²) in [4.78, 5) is 25.5. The van der Waals surface area contributed by atoms with E-state index < -0.39 is 23.7 Å². The summed E-state index contributed by atoms with van der Waals surface area (Å²) < 4.78 is 11.6. The van der Waals surface area contributed by atoms with Gasteiger partial charge in [-0.15, -0.1) is 5.10 Å². The highest BCUT2D eigenvalue weighted by Gasteiger charge is 2.43. The number of ether oxygens (including phenoxy) is 2. The van der Waals surface area contributed by atoms with E-state index in [-0.39, 0.29) is 6.04 Å². The number of hydrogen-bond donors (Lipinski definition) is 0. The average molecular weight is 297 g/mol. The van der Waals surface area contributed by atoms with Gasteiger partial charge in [-0.05, 0) is 31.2 Å². The van der Waals surface area contributed by atoms with Crippen molar-refractivity contribution in [3.8, 4) is 0 Å². The summed E-state index contributed by atoms with van der Waals surface area (Å²) in [5.74, 6) is -0.476. The van der Waals surface area contributed by atoms with Crippen LogP contribution in [0.1, 0.15) is 33.2 Å². The molecule has 1 aromatic rings. The van der Waals surface area contributed by atoms with Gasteiger partial charge in [-0.25, -0.2) is 14.3 Å². The van der Waals surface area contributed by atoms with Crippen LogP contribution in [0.25, 0.3) is 0 Å². The van der Waals surface area contributed by atoms with Gasteiger partial charge in [0.15, 0.2) is 0 Å². The zero-order valence-corrected chi connectivity index (χ0v) is 12.5. The fourth-order valence-corrected chi connectivity index (χ4v) is 2.22. The molecule has 9 nitrogen and oxygen atoms in total. The summed E-state index contributed by atoms with van der Waals surface area (Å²) in [6, 6.07) is -0.879. The van der Waals surface area contributed by atoms with Crippen molar-refractivity contribution in [3.63, 3.8) is 0 Å². The molecule has 0 aromatic carbocycles. The summed E-state index contributed by atoms with van der Waals surface area (Å²) in [5.41, 5.74) is -0.634. The van der Waals surface area contributed by atoms with Gasteiger partial charge in [0.05, 0.1) is 13.2 Å². The van der Waals surface area contributed by atoms with E-state index in [0.29, 0.717) is 13.0 Å². The molecule has 0 aliphatic carbocycles. The van der Waals surface area contributed by atoms with Crippen molar-refractivity contribution in [1.82, 2.24) is 25.1 Å². The molecular weight excluding hydrogens is 278 g/mol. The first-order chi connectivity index (χ1) is 9.81. The van der Waals surface area contributed by atoms with Crippen molar-refractivity contribution in [3.05, 3.63) is 6.33 Å². The highest BCUT2D eigenvalue weighted by Crippen LogP contribution is 2.28. The fraction of sp³-hybridized carbons (Fsp3) is 0.750. The van der Waals surface area contributed by atoms with Crippen LogP contribution in [0.3, 0.4) is 0 Å². The van der Waals surface area contributed by atoms with Crippen LogP contribution >= 0.6 is 0 Å². The molecule has 2 heterocycles. The number of esters is 1.